The van der Waals surface area contributed by atoms with E-state index in [0.717, 1.165) is 0 Å². The van der Waals surface area contributed by atoms with Crippen molar-refractivity contribution in [3.05, 3.63) is 0 Å². The fourth-order valence-electron chi connectivity index (χ4n) is 1.72. The van der Waals surface area contributed by atoms with Gasteiger partial charge in [-0.15, -0.1) is 6.42 Å². The van der Waals surface area contributed by atoms with Crippen LogP contribution in [0.3, 0.4) is 0 Å². The molecule has 0 spiro atoms. The Morgan fingerprint density at radius 2 is 2.22 bits per heavy atom. The Kier molecular flexibility index (Phi) is 4.97. The van der Waals surface area contributed by atoms with Crippen LogP contribution in [0.1, 0.15) is 27.2 Å². The van der Waals surface area contributed by atoms with Crippen molar-refractivity contribution in [3.63, 3.8) is 0 Å². The molecule has 0 aromatic rings. The number of rotatable bonds is 2. The summed E-state index contributed by atoms with van der Waals surface area (Å²) in [5, 5.41) is 0. The number of terminal acetylenes is 1. The molecule has 0 bridgehead atoms. The summed E-state index contributed by atoms with van der Waals surface area (Å²) < 4.78 is 24.1. The lowest BCUT2D eigenvalue weighted by Gasteiger charge is -2.35. The smallest absolute Gasteiger partial charge is 0.410 e. The summed E-state index contributed by atoms with van der Waals surface area (Å²) in [6.07, 6.45) is 3.25. The lowest BCUT2D eigenvalue weighted by Crippen LogP contribution is -2.49. The van der Waals surface area contributed by atoms with E-state index in [0.29, 0.717) is 13.0 Å². The SMILES string of the molecule is C#CCO[C@H]1CCN(C(=O)OC(C)(C)C)C[C@@H]1F. The van der Waals surface area contributed by atoms with Gasteiger partial charge in [0.1, 0.15) is 18.4 Å². The van der Waals surface area contributed by atoms with Gasteiger partial charge >= 0.3 is 6.09 Å². The van der Waals surface area contributed by atoms with Gasteiger partial charge in [0, 0.05) is 6.54 Å². The third kappa shape index (κ3) is 4.53. The molecular weight excluding hydrogens is 237 g/mol. The van der Waals surface area contributed by atoms with Crippen LogP contribution in [0.4, 0.5) is 9.18 Å². The monoisotopic (exact) mass is 257 g/mol. The largest absolute Gasteiger partial charge is 0.444 e. The molecule has 1 aliphatic heterocycles. The molecular formula is C13H20FNO3. The molecule has 1 fully saturated rings. The normalized spacial score (nSPS) is 24.5. The highest BCUT2D eigenvalue weighted by Gasteiger charge is 2.33. The molecule has 0 aromatic heterocycles. The van der Waals surface area contributed by atoms with E-state index in [1.165, 1.54) is 4.90 Å². The van der Waals surface area contributed by atoms with E-state index >= 15 is 0 Å². The highest BCUT2D eigenvalue weighted by molar-refractivity contribution is 5.68. The molecule has 0 radical (unpaired) electrons. The predicted molar refractivity (Wildman–Crippen MR) is 65.9 cm³/mol. The number of nitrogens with zero attached hydrogens (tertiary/aromatic N) is 1. The molecule has 1 saturated heterocycles. The number of carbonyl (C=O) groups is 1. The first-order valence-corrected chi connectivity index (χ1v) is 6.00. The second kappa shape index (κ2) is 6.05. The number of ether oxygens (including phenoxy) is 2. The molecule has 5 heteroatoms. The third-order valence-electron chi connectivity index (χ3n) is 2.51. The minimum Gasteiger partial charge on any atom is -0.444 e. The zero-order chi connectivity index (χ0) is 13.8. The Morgan fingerprint density at radius 1 is 1.56 bits per heavy atom. The molecule has 0 aliphatic carbocycles. The Bertz CT molecular complexity index is 332. The predicted octanol–water partition coefficient (Wildman–Crippen LogP) is 1.98. The quantitative estimate of drug-likeness (QED) is 0.710. The standard InChI is InChI=1S/C13H20FNO3/c1-5-8-17-11-6-7-15(9-10(11)14)12(16)18-13(2,3)4/h1,10-11H,6-9H2,2-4H3/t10-,11-/m0/s1. The second-order valence-corrected chi connectivity index (χ2v) is 5.28. The summed E-state index contributed by atoms with van der Waals surface area (Å²) >= 11 is 0. The van der Waals surface area contributed by atoms with Gasteiger partial charge in [0.25, 0.3) is 0 Å². The molecule has 4 nitrogen and oxygen atoms in total. The van der Waals surface area contributed by atoms with Crippen molar-refractivity contribution >= 4 is 6.09 Å². The summed E-state index contributed by atoms with van der Waals surface area (Å²) in [5.74, 6) is 2.31. The van der Waals surface area contributed by atoms with Crippen molar-refractivity contribution in [2.45, 2.75) is 45.1 Å². The number of hydrogen-bond acceptors (Lipinski definition) is 3. The first-order chi connectivity index (χ1) is 8.33. The number of hydrogen-bond donors (Lipinski definition) is 0. The highest BCUT2D eigenvalue weighted by Crippen LogP contribution is 2.19. The minimum absolute atomic E-state index is 0.00977. The molecule has 1 rings (SSSR count). The lowest BCUT2D eigenvalue weighted by atomic mass is 10.1. The maximum atomic E-state index is 13.8. The van der Waals surface area contributed by atoms with E-state index in [2.05, 4.69) is 5.92 Å². The van der Waals surface area contributed by atoms with Crippen LogP contribution in [-0.4, -0.2) is 48.6 Å². The van der Waals surface area contributed by atoms with E-state index < -0.39 is 24.0 Å². The molecule has 0 aromatic carbocycles. The van der Waals surface area contributed by atoms with Gasteiger partial charge in [0.15, 0.2) is 0 Å². The minimum atomic E-state index is -1.22. The van der Waals surface area contributed by atoms with Gasteiger partial charge < -0.3 is 14.4 Å². The van der Waals surface area contributed by atoms with E-state index in [1.54, 1.807) is 20.8 Å². The maximum Gasteiger partial charge on any atom is 0.410 e. The Balaban J connectivity index is 2.45. The molecule has 102 valence electrons. The van der Waals surface area contributed by atoms with Crippen LogP contribution in [0, 0.1) is 12.3 Å². The summed E-state index contributed by atoms with van der Waals surface area (Å²) in [6.45, 7) is 5.84. The van der Waals surface area contributed by atoms with Gasteiger partial charge in [-0.2, -0.15) is 0 Å². The number of carbonyl (C=O) groups excluding carboxylic acids is 1. The van der Waals surface area contributed by atoms with Gasteiger partial charge in [-0.3, -0.25) is 0 Å². The van der Waals surface area contributed by atoms with Crippen LogP contribution in [0.5, 0.6) is 0 Å². The average Bonchev–Trinajstić information content (AvgIpc) is 2.25. The second-order valence-electron chi connectivity index (χ2n) is 5.28. The number of amides is 1. The Hall–Kier alpha value is -1.28. The van der Waals surface area contributed by atoms with Crippen LogP contribution in [0.25, 0.3) is 0 Å². The van der Waals surface area contributed by atoms with Crippen molar-refractivity contribution in [3.8, 4) is 12.3 Å². The maximum absolute atomic E-state index is 13.8. The summed E-state index contributed by atoms with van der Waals surface area (Å²) in [4.78, 5) is 13.1. The van der Waals surface area contributed by atoms with Crippen LogP contribution in [0.2, 0.25) is 0 Å². The molecule has 0 saturated carbocycles. The third-order valence-corrected chi connectivity index (χ3v) is 2.51. The van der Waals surface area contributed by atoms with Gasteiger partial charge in [0.05, 0.1) is 12.6 Å². The molecule has 0 unspecified atom stereocenters. The van der Waals surface area contributed by atoms with E-state index in [9.17, 15) is 9.18 Å². The average molecular weight is 257 g/mol. The number of alkyl halides is 1. The van der Waals surface area contributed by atoms with Gasteiger partial charge in [-0.25, -0.2) is 9.18 Å². The van der Waals surface area contributed by atoms with E-state index in [-0.39, 0.29) is 13.2 Å². The first kappa shape index (κ1) is 14.8. The van der Waals surface area contributed by atoms with Gasteiger partial charge in [-0.1, -0.05) is 5.92 Å². The summed E-state index contributed by atoms with van der Waals surface area (Å²) in [5.41, 5.74) is -0.570. The summed E-state index contributed by atoms with van der Waals surface area (Å²) in [6, 6.07) is 0. The molecule has 2 atom stereocenters. The number of halogens is 1. The fourth-order valence-corrected chi connectivity index (χ4v) is 1.72. The van der Waals surface area contributed by atoms with Crippen molar-refractivity contribution in [2.24, 2.45) is 0 Å². The molecule has 1 aliphatic rings. The zero-order valence-corrected chi connectivity index (χ0v) is 11.1. The lowest BCUT2D eigenvalue weighted by molar-refractivity contribution is -0.0423. The van der Waals surface area contributed by atoms with Crippen LogP contribution < -0.4 is 0 Å². The van der Waals surface area contributed by atoms with Crippen molar-refractivity contribution in [2.75, 3.05) is 19.7 Å². The van der Waals surface area contributed by atoms with Crippen molar-refractivity contribution in [1.82, 2.24) is 4.90 Å². The zero-order valence-electron chi connectivity index (χ0n) is 11.1. The Morgan fingerprint density at radius 3 is 2.72 bits per heavy atom. The van der Waals surface area contributed by atoms with Gasteiger partial charge in [-0.05, 0) is 27.2 Å². The molecule has 1 amide bonds. The first-order valence-electron chi connectivity index (χ1n) is 6.00. The summed E-state index contributed by atoms with van der Waals surface area (Å²) in [7, 11) is 0. The van der Waals surface area contributed by atoms with E-state index in [1.807, 2.05) is 0 Å². The van der Waals surface area contributed by atoms with Crippen molar-refractivity contribution < 1.29 is 18.7 Å². The molecule has 1 heterocycles. The van der Waals surface area contributed by atoms with Crippen LogP contribution >= 0.6 is 0 Å². The van der Waals surface area contributed by atoms with E-state index in [4.69, 9.17) is 15.9 Å². The van der Waals surface area contributed by atoms with Crippen LogP contribution in [0.15, 0.2) is 0 Å². The topological polar surface area (TPSA) is 38.8 Å². The number of likely N-dealkylation sites (tertiary alicyclic amines) is 1. The van der Waals surface area contributed by atoms with Gasteiger partial charge in [0.2, 0.25) is 0 Å². The number of piperidine rings is 1. The Labute approximate surface area is 107 Å². The molecule has 18 heavy (non-hydrogen) atoms. The highest BCUT2D eigenvalue weighted by atomic mass is 19.1. The molecule has 0 N–H and O–H groups in total. The fraction of sp³-hybridized carbons (Fsp3) is 0.769. The van der Waals surface area contributed by atoms with Crippen molar-refractivity contribution in [1.29, 1.82) is 0 Å². The van der Waals surface area contributed by atoms with Crippen LogP contribution in [-0.2, 0) is 9.47 Å².